The van der Waals surface area contributed by atoms with Crippen LogP contribution in [0, 0.1) is 5.82 Å². The number of hydrogen-bond donors (Lipinski definition) is 2. The molecule has 2 aromatic rings. The van der Waals surface area contributed by atoms with Crippen LogP contribution in [0.5, 0.6) is 0 Å². The number of nitrogens with zero attached hydrogens (tertiary/aromatic N) is 1. The molecule has 1 aromatic carbocycles. The van der Waals surface area contributed by atoms with Crippen LogP contribution in [0.25, 0.3) is 0 Å². The lowest BCUT2D eigenvalue weighted by atomic mass is 10.3. The summed E-state index contributed by atoms with van der Waals surface area (Å²) in [6.07, 6.45) is 0. The van der Waals surface area contributed by atoms with Crippen LogP contribution in [-0.2, 0) is 0 Å². The Bertz CT molecular complexity index is 601. The van der Waals surface area contributed by atoms with Gasteiger partial charge in [0.05, 0.1) is 5.02 Å². The van der Waals surface area contributed by atoms with Crippen molar-refractivity contribution in [2.75, 3.05) is 17.7 Å². The van der Waals surface area contributed by atoms with Crippen molar-refractivity contribution in [3.63, 3.8) is 0 Å². The van der Waals surface area contributed by atoms with Gasteiger partial charge in [0.25, 0.3) is 5.91 Å². The minimum Gasteiger partial charge on any atom is -0.373 e. The molecule has 0 aliphatic heterocycles. The van der Waals surface area contributed by atoms with Crippen LogP contribution in [0.3, 0.4) is 0 Å². The Kier molecular flexibility index (Phi) is 3.97. The lowest BCUT2D eigenvalue weighted by molar-refractivity contribution is 0.102. The smallest absolute Gasteiger partial charge is 0.275 e. The van der Waals surface area contributed by atoms with Crippen LogP contribution in [-0.4, -0.2) is 17.9 Å². The summed E-state index contributed by atoms with van der Waals surface area (Å²) in [7, 11) is 1.69. The van der Waals surface area contributed by atoms with Crippen LogP contribution in [0.1, 0.15) is 10.5 Å². The van der Waals surface area contributed by atoms with Crippen molar-refractivity contribution < 1.29 is 9.18 Å². The van der Waals surface area contributed by atoms with Crippen molar-refractivity contribution in [3.8, 4) is 0 Å². The highest BCUT2D eigenvalue weighted by Crippen LogP contribution is 2.18. The monoisotopic (exact) mass is 279 g/mol. The van der Waals surface area contributed by atoms with Crippen LogP contribution in [0.2, 0.25) is 5.02 Å². The molecular formula is C13H11ClFN3O. The molecule has 0 radical (unpaired) electrons. The van der Waals surface area contributed by atoms with Gasteiger partial charge in [-0.15, -0.1) is 0 Å². The summed E-state index contributed by atoms with van der Waals surface area (Å²) < 4.78 is 12.8. The molecule has 0 saturated heterocycles. The van der Waals surface area contributed by atoms with Gasteiger partial charge in [0.15, 0.2) is 0 Å². The number of carbonyl (C=O) groups excluding carboxylic acids is 1. The summed E-state index contributed by atoms with van der Waals surface area (Å²) in [5, 5.41) is 5.67. The largest absolute Gasteiger partial charge is 0.373 e. The van der Waals surface area contributed by atoms with Gasteiger partial charge in [0.2, 0.25) is 0 Å². The molecule has 1 heterocycles. The van der Waals surface area contributed by atoms with E-state index in [0.29, 0.717) is 11.5 Å². The van der Waals surface area contributed by atoms with Gasteiger partial charge in [-0.3, -0.25) is 4.79 Å². The molecule has 4 nitrogen and oxygen atoms in total. The predicted octanol–water partition coefficient (Wildman–Crippen LogP) is 3.17. The highest BCUT2D eigenvalue weighted by atomic mass is 35.5. The molecule has 6 heteroatoms. The molecule has 0 atom stereocenters. The third kappa shape index (κ3) is 3.20. The average Bonchev–Trinajstić information content (AvgIpc) is 2.42. The molecule has 1 aromatic heterocycles. The number of halogens is 2. The van der Waals surface area contributed by atoms with E-state index in [2.05, 4.69) is 15.6 Å². The Morgan fingerprint density at radius 3 is 2.53 bits per heavy atom. The predicted molar refractivity (Wildman–Crippen MR) is 73.1 cm³/mol. The van der Waals surface area contributed by atoms with Gasteiger partial charge in [-0.25, -0.2) is 9.37 Å². The van der Waals surface area contributed by atoms with E-state index in [9.17, 15) is 9.18 Å². The molecule has 0 fully saturated rings. The van der Waals surface area contributed by atoms with Crippen LogP contribution < -0.4 is 10.6 Å². The zero-order chi connectivity index (χ0) is 13.8. The zero-order valence-electron chi connectivity index (χ0n) is 10.1. The quantitative estimate of drug-likeness (QED) is 0.907. The molecule has 0 unspecified atom stereocenters. The Balaban J connectivity index is 2.22. The molecule has 2 N–H and O–H groups in total. The SMILES string of the molecule is CNc1ccc(Cl)c(C(=O)Nc2ccc(F)cc2)n1. The highest BCUT2D eigenvalue weighted by molar-refractivity contribution is 6.34. The summed E-state index contributed by atoms with van der Waals surface area (Å²) in [6, 6.07) is 8.69. The number of rotatable bonds is 3. The van der Waals surface area contributed by atoms with E-state index in [1.54, 1.807) is 19.2 Å². The number of anilines is 2. The fourth-order valence-corrected chi connectivity index (χ4v) is 1.66. The lowest BCUT2D eigenvalue weighted by Crippen LogP contribution is -2.15. The Morgan fingerprint density at radius 2 is 1.89 bits per heavy atom. The van der Waals surface area contributed by atoms with Crippen molar-refractivity contribution in [1.82, 2.24) is 4.98 Å². The van der Waals surface area contributed by atoms with Crippen LogP contribution in [0.4, 0.5) is 15.9 Å². The van der Waals surface area contributed by atoms with Gasteiger partial charge in [0.1, 0.15) is 17.3 Å². The maximum Gasteiger partial charge on any atom is 0.275 e. The third-order valence-corrected chi connectivity index (χ3v) is 2.72. The van der Waals surface area contributed by atoms with E-state index < -0.39 is 5.91 Å². The second-order valence-electron chi connectivity index (χ2n) is 3.74. The van der Waals surface area contributed by atoms with Crippen LogP contribution >= 0.6 is 11.6 Å². The Labute approximate surface area is 114 Å². The van der Waals surface area contributed by atoms with Crippen molar-refractivity contribution in [2.45, 2.75) is 0 Å². The van der Waals surface area contributed by atoms with Gasteiger partial charge in [0, 0.05) is 12.7 Å². The van der Waals surface area contributed by atoms with E-state index in [-0.39, 0.29) is 16.5 Å². The summed E-state index contributed by atoms with van der Waals surface area (Å²) in [6.45, 7) is 0. The van der Waals surface area contributed by atoms with Crippen molar-refractivity contribution in [3.05, 3.63) is 52.9 Å². The maximum absolute atomic E-state index is 12.8. The third-order valence-electron chi connectivity index (χ3n) is 2.42. The second-order valence-corrected chi connectivity index (χ2v) is 4.15. The summed E-state index contributed by atoms with van der Waals surface area (Å²) in [5.41, 5.74) is 0.581. The number of benzene rings is 1. The molecule has 19 heavy (non-hydrogen) atoms. The zero-order valence-corrected chi connectivity index (χ0v) is 10.8. The number of carbonyl (C=O) groups is 1. The lowest BCUT2D eigenvalue weighted by Gasteiger charge is -2.07. The minimum atomic E-state index is -0.450. The Hall–Kier alpha value is -2.14. The van der Waals surface area contributed by atoms with Crippen LogP contribution in [0.15, 0.2) is 36.4 Å². The average molecular weight is 280 g/mol. The molecule has 2 rings (SSSR count). The first-order chi connectivity index (χ1) is 9.10. The van der Waals surface area contributed by atoms with Crippen molar-refractivity contribution in [1.29, 1.82) is 0 Å². The normalized spacial score (nSPS) is 10.1. The minimum absolute atomic E-state index is 0.109. The summed E-state index contributed by atoms with van der Waals surface area (Å²) in [5.74, 6) is -0.284. The standard InChI is InChI=1S/C13H11ClFN3O/c1-16-11-7-6-10(14)12(18-11)13(19)17-9-4-2-8(15)3-5-9/h2-7H,1H3,(H,16,18)(H,17,19). The first-order valence-corrected chi connectivity index (χ1v) is 5.89. The highest BCUT2D eigenvalue weighted by Gasteiger charge is 2.13. The molecule has 0 spiro atoms. The molecule has 0 bridgehead atoms. The van der Waals surface area contributed by atoms with Crippen molar-refractivity contribution in [2.24, 2.45) is 0 Å². The molecule has 0 aliphatic carbocycles. The molecule has 98 valence electrons. The molecule has 0 aliphatic rings. The van der Waals surface area contributed by atoms with E-state index in [4.69, 9.17) is 11.6 Å². The van der Waals surface area contributed by atoms with E-state index in [1.807, 2.05) is 0 Å². The maximum atomic E-state index is 12.8. The summed E-state index contributed by atoms with van der Waals surface area (Å²) in [4.78, 5) is 16.1. The molecule has 1 amide bonds. The van der Waals surface area contributed by atoms with Gasteiger partial charge >= 0.3 is 0 Å². The molecular weight excluding hydrogens is 269 g/mol. The number of nitrogens with one attached hydrogen (secondary N) is 2. The van der Waals surface area contributed by atoms with E-state index in [1.165, 1.54) is 24.3 Å². The van der Waals surface area contributed by atoms with Gasteiger partial charge in [-0.2, -0.15) is 0 Å². The van der Waals surface area contributed by atoms with E-state index in [0.717, 1.165) is 0 Å². The topological polar surface area (TPSA) is 54.0 Å². The van der Waals surface area contributed by atoms with Crippen molar-refractivity contribution >= 4 is 29.0 Å². The van der Waals surface area contributed by atoms with Gasteiger partial charge in [-0.1, -0.05) is 11.6 Å². The van der Waals surface area contributed by atoms with Gasteiger partial charge in [-0.05, 0) is 36.4 Å². The van der Waals surface area contributed by atoms with E-state index >= 15 is 0 Å². The number of pyridine rings is 1. The number of aromatic nitrogens is 1. The first-order valence-electron chi connectivity index (χ1n) is 5.51. The summed E-state index contributed by atoms with van der Waals surface area (Å²) >= 11 is 5.93. The number of amides is 1. The number of hydrogen-bond acceptors (Lipinski definition) is 3. The molecule has 0 saturated carbocycles. The van der Waals surface area contributed by atoms with Gasteiger partial charge < -0.3 is 10.6 Å². The second kappa shape index (κ2) is 5.67. The first kappa shape index (κ1) is 13.3. The fraction of sp³-hybridized carbons (Fsp3) is 0.0769. The Morgan fingerprint density at radius 1 is 1.21 bits per heavy atom. The fourth-order valence-electron chi connectivity index (χ4n) is 1.46.